The van der Waals surface area contributed by atoms with E-state index in [4.69, 9.17) is 10.00 Å². The molecule has 3 aromatic rings. The Kier molecular flexibility index (Phi) is 4.68. The van der Waals surface area contributed by atoms with Crippen LogP contribution in [-0.2, 0) is 10.0 Å². The average Bonchev–Trinajstić information content (AvgIpc) is 3.22. The highest BCUT2D eigenvalue weighted by molar-refractivity contribution is 7.92. The molecule has 2 heterocycles. The van der Waals surface area contributed by atoms with Crippen LogP contribution in [0.15, 0.2) is 59.6 Å². The molecule has 7 nitrogen and oxygen atoms in total. The maximum atomic E-state index is 13.3. The Morgan fingerprint density at radius 3 is 2.52 bits per heavy atom. The van der Waals surface area contributed by atoms with E-state index in [1.165, 1.54) is 4.31 Å². The minimum absolute atomic E-state index is 0.227. The third-order valence-corrected chi connectivity index (χ3v) is 6.68. The van der Waals surface area contributed by atoms with E-state index >= 15 is 0 Å². The maximum absolute atomic E-state index is 13.3. The molecule has 1 N–H and O–H groups in total. The summed E-state index contributed by atoms with van der Waals surface area (Å²) in [7, 11) is 0.0679. The summed E-state index contributed by atoms with van der Waals surface area (Å²) in [5, 5.41) is 9.03. The van der Waals surface area contributed by atoms with Crippen molar-refractivity contribution in [2.75, 3.05) is 36.5 Å². The number of H-pyrrole nitrogens is 1. The van der Waals surface area contributed by atoms with Gasteiger partial charge in [0.15, 0.2) is 0 Å². The average molecular weight is 408 g/mol. The van der Waals surface area contributed by atoms with Crippen LogP contribution >= 0.6 is 0 Å². The van der Waals surface area contributed by atoms with Gasteiger partial charge < -0.3 is 14.6 Å². The van der Waals surface area contributed by atoms with Crippen LogP contribution in [0.3, 0.4) is 0 Å². The first-order valence-corrected chi connectivity index (χ1v) is 10.5. The smallest absolute Gasteiger partial charge is 0.264 e. The van der Waals surface area contributed by atoms with Crippen LogP contribution in [0.2, 0.25) is 0 Å². The lowest BCUT2D eigenvalue weighted by Crippen LogP contribution is -2.37. The molecule has 0 radical (unpaired) electrons. The molecule has 0 bridgehead atoms. The molecule has 148 valence electrons. The Morgan fingerprint density at radius 2 is 1.86 bits per heavy atom. The van der Waals surface area contributed by atoms with E-state index in [1.54, 1.807) is 48.7 Å². The Bertz CT molecular complexity index is 1190. The molecule has 29 heavy (non-hydrogen) atoms. The van der Waals surface area contributed by atoms with Gasteiger partial charge in [-0.3, -0.25) is 4.31 Å². The van der Waals surface area contributed by atoms with Crippen molar-refractivity contribution in [3.05, 3.63) is 60.4 Å². The largest absolute Gasteiger partial charge is 0.489 e. The van der Waals surface area contributed by atoms with Crippen molar-refractivity contribution >= 4 is 21.4 Å². The van der Waals surface area contributed by atoms with E-state index in [1.807, 2.05) is 25.1 Å². The lowest BCUT2D eigenvalue weighted by molar-refractivity contribution is 0.316. The monoisotopic (exact) mass is 408 g/mol. The van der Waals surface area contributed by atoms with E-state index in [0.717, 1.165) is 16.8 Å². The summed E-state index contributed by atoms with van der Waals surface area (Å²) in [6, 6.07) is 16.0. The van der Waals surface area contributed by atoms with E-state index in [9.17, 15) is 8.42 Å². The molecule has 0 fully saturated rings. The number of aromatic amines is 1. The zero-order chi connectivity index (χ0) is 20.6. The van der Waals surface area contributed by atoms with E-state index in [0.29, 0.717) is 17.1 Å². The molecule has 0 spiro atoms. The third kappa shape index (κ3) is 3.41. The lowest BCUT2D eigenvalue weighted by atomic mass is 10.1. The molecule has 8 heteroatoms. The summed E-state index contributed by atoms with van der Waals surface area (Å²) in [5.74, 6) is 0.518. The number of aromatic nitrogens is 1. The summed E-state index contributed by atoms with van der Waals surface area (Å²) < 4.78 is 33.7. The van der Waals surface area contributed by atoms with Gasteiger partial charge in [0.2, 0.25) is 0 Å². The normalized spacial score (nSPS) is 13.3. The minimum atomic E-state index is -3.74. The molecule has 0 saturated heterocycles. The maximum Gasteiger partial charge on any atom is 0.264 e. The summed E-state index contributed by atoms with van der Waals surface area (Å²) >= 11 is 0. The van der Waals surface area contributed by atoms with Crippen LogP contribution in [0.4, 0.5) is 11.4 Å². The van der Waals surface area contributed by atoms with Crippen LogP contribution in [0.5, 0.6) is 5.75 Å². The highest BCUT2D eigenvalue weighted by atomic mass is 32.2. The van der Waals surface area contributed by atoms with Crippen LogP contribution in [0.25, 0.3) is 11.1 Å². The number of ether oxygens (including phenoxy) is 1. The molecule has 0 unspecified atom stereocenters. The predicted molar refractivity (Wildman–Crippen MR) is 112 cm³/mol. The summed E-state index contributed by atoms with van der Waals surface area (Å²) in [4.78, 5) is 5.03. The number of hydrogen-bond acceptors (Lipinski definition) is 5. The molecule has 4 rings (SSSR count). The minimum Gasteiger partial charge on any atom is -0.489 e. The number of nitriles is 1. The Hall–Kier alpha value is -3.44. The van der Waals surface area contributed by atoms with Crippen molar-refractivity contribution in [3.63, 3.8) is 0 Å². The molecule has 2 aromatic carbocycles. The van der Waals surface area contributed by atoms with Gasteiger partial charge in [0.1, 0.15) is 24.1 Å². The number of rotatable bonds is 4. The SMILES string of the molecule is CN(C)c1ccc(S(=O)(=O)N2CCOc3ccc(-c4c[nH]c(C#N)c4)cc32)cc1. The third-order valence-electron chi connectivity index (χ3n) is 4.86. The number of nitrogens with one attached hydrogen (secondary N) is 1. The number of nitrogens with zero attached hydrogens (tertiary/aromatic N) is 3. The van der Waals surface area contributed by atoms with Gasteiger partial charge in [-0.25, -0.2) is 8.42 Å². The Balaban J connectivity index is 1.75. The van der Waals surface area contributed by atoms with Gasteiger partial charge in [-0.05, 0) is 48.0 Å². The highest BCUT2D eigenvalue weighted by Gasteiger charge is 2.30. The zero-order valence-electron chi connectivity index (χ0n) is 16.1. The van der Waals surface area contributed by atoms with Crippen molar-refractivity contribution < 1.29 is 13.2 Å². The second-order valence-electron chi connectivity index (χ2n) is 6.91. The molecule has 0 saturated carbocycles. The second kappa shape index (κ2) is 7.18. The highest BCUT2D eigenvalue weighted by Crippen LogP contribution is 2.38. The number of anilines is 2. The second-order valence-corrected chi connectivity index (χ2v) is 8.77. The van der Waals surface area contributed by atoms with Gasteiger partial charge in [0.25, 0.3) is 10.0 Å². The Labute approximate surface area is 169 Å². The van der Waals surface area contributed by atoms with Crippen molar-refractivity contribution in [2.24, 2.45) is 0 Å². The fourth-order valence-electron chi connectivity index (χ4n) is 3.29. The van der Waals surface area contributed by atoms with Gasteiger partial charge in [-0.1, -0.05) is 6.07 Å². The van der Waals surface area contributed by atoms with Gasteiger partial charge in [0.05, 0.1) is 17.1 Å². The van der Waals surface area contributed by atoms with Gasteiger partial charge >= 0.3 is 0 Å². The summed E-state index contributed by atoms with van der Waals surface area (Å²) in [6.07, 6.45) is 1.72. The molecule has 1 aliphatic heterocycles. The fraction of sp³-hybridized carbons (Fsp3) is 0.190. The standard InChI is InChI=1S/C21H20N4O3S/c1-24(2)18-4-6-19(7-5-18)29(26,27)25-9-10-28-21-8-3-15(12-20(21)25)16-11-17(13-22)23-14-16/h3-8,11-12,14,23H,9-10H2,1-2H3. The number of benzene rings is 2. The molecule has 0 atom stereocenters. The predicted octanol–water partition coefficient (Wildman–Crippen LogP) is 3.21. The molecular weight excluding hydrogens is 388 g/mol. The van der Waals surface area contributed by atoms with Crippen LogP contribution in [0.1, 0.15) is 5.69 Å². The summed E-state index contributed by atoms with van der Waals surface area (Å²) in [5.41, 5.74) is 3.47. The van der Waals surface area contributed by atoms with E-state index in [2.05, 4.69) is 11.1 Å². The van der Waals surface area contributed by atoms with Crippen molar-refractivity contribution in [2.45, 2.75) is 4.90 Å². The molecule has 1 aromatic heterocycles. The van der Waals surface area contributed by atoms with Gasteiger partial charge in [-0.15, -0.1) is 0 Å². The number of fused-ring (bicyclic) bond motifs is 1. The molecule has 0 amide bonds. The van der Waals surface area contributed by atoms with Crippen LogP contribution in [-0.4, -0.2) is 40.6 Å². The summed E-state index contributed by atoms with van der Waals surface area (Å²) in [6.45, 7) is 0.509. The number of hydrogen-bond donors (Lipinski definition) is 1. The first-order valence-electron chi connectivity index (χ1n) is 9.06. The lowest BCUT2D eigenvalue weighted by Gasteiger charge is -2.31. The van der Waals surface area contributed by atoms with Crippen molar-refractivity contribution in [1.82, 2.24) is 4.98 Å². The first-order chi connectivity index (χ1) is 13.9. The van der Waals surface area contributed by atoms with Crippen LogP contribution < -0.4 is 13.9 Å². The molecular formula is C21H20N4O3S. The topological polar surface area (TPSA) is 89.4 Å². The van der Waals surface area contributed by atoms with E-state index < -0.39 is 10.0 Å². The Morgan fingerprint density at radius 1 is 1.10 bits per heavy atom. The van der Waals surface area contributed by atoms with Crippen LogP contribution in [0, 0.1) is 11.3 Å². The molecule has 1 aliphatic rings. The number of sulfonamides is 1. The quantitative estimate of drug-likeness (QED) is 0.716. The van der Waals surface area contributed by atoms with Crippen molar-refractivity contribution in [1.29, 1.82) is 5.26 Å². The fourth-order valence-corrected chi connectivity index (χ4v) is 4.74. The zero-order valence-corrected chi connectivity index (χ0v) is 16.9. The van der Waals surface area contributed by atoms with Crippen molar-refractivity contribution in [3.8, 4) is 22.9 Å². The van der Waals surface area contributed by atoms with Gasteiger partial charge in [-0.2, -0.15) is 5.26 Å². The van der Waals surface area contributed by atoms with Gasteiger partial charge in [0, 0.05) is 31.5 Å². The first kappa shape index (κ1) is 18.9. The van der Waals surface area contributed by atoms with E-state index in [-0.39, 0.29) is 18.0 Å². The molecule has 0 aliphatic carbocycles.